The molecule has 0 radical (unpaired) electrons. The molecule has 0 aliphatic carbocycles. The highest BCUT2D eigenvalue weighted by molar-refractivity contribution is 6.39. The highest BCUT2D eigenvalue weighted by Crippen LogP contribution is 2.31. The summed E-state index contributed by atoms with van der Waals surface area (Å²) in [7, 11) is 0. The van der Waals surface area contributed by atoms with E-state index in [1.54, 1.807) is 42.5 Å². The van der Waals surface area contributed by atoms with E-state index in [1.165, 1.54) is 12.4 Å². The first-order chi connectivity index (χ1) is 12.6. The first-order valence-corrected chi connectivity index (χ1v) is 8.17. The van der Waals surface area contributed by atoms with Crippen LogP contribution in [0, 0.1) is 11.3 Å². The summed E-state index contributed by atoms with van der Waals surface area (Å²) < 4.78 is 0. The maximum atomic E-state index is 12.2. The Bertz CT molecular complexity index is 962. The van der Waals surface area contributed by atoms with Crippen molar-refractivity contribution in [3.63, 3.8) is 0 Å². The Morgan fingerprint density at radius 2 is 1.69 bits per heavy atom. The minimum absolute atomic E-state index is 0.144. The molecular formula is C18H11Cl2N5O. The number of carbonyl (C=O) groups excluding carboxylic acids is 1. The molecule has 1 amide bonds. The smallest absolute Gasteiger partial charge is 0.275 e. The lowest BCUT2D eigenvalue weighted by Crippen LogP contribution is -2.14. The summed E-state index contributed by atoms with van der Waals surface area (Å²) in [5, 5.41) is 15.3. The van der Waals surface area contributed by atoms with Crippen molar-refractivity contribution in [2.45, 2.75) is 0 Å². The third-order valence-electron chi connectivity index (χ3n) is 3.37. The van der Waals surface area contributed by atoms with Crippen molar-refractivity contribution in [2.75, 3.05) is 10.6 Å². The number of benzene rings is 2. The topological polar surface area (TPSA) is 90.7 Å². The van der Waals surface area contributed by atoms with Crippen molar-refractivity contribution in [3.8, 4) is 6.07 Å². The van der Waals surface area contributed by atoms with E-state index in [-0.39, 0.29) is 5.69 Å². The number of para-hydroxylation sites is 1. The van der Waals surface area contributed by atoms with Crippen molar-refractivity contribution in [2.24, 2.45) is 0 Å². The van der Waals surface area contributed by atoms with Crippen LogP contribution in [-0.4, -0.2) is 15.9 Å². The maximum Gasteiger partial charge on any atom is 0.275 e. The molecule has 0 bridgehead atoms. The van der Waals surface area contributed by atoms with Gasteiger partial charge in [-0.2, -0.15) is 5.26 Å². The number of amides is 1. The van der Waals surface area contributed by atoms with E-state index in [1.807, 2.05) is 6.07 Å². The summed E-state index contributed by atoms with van der Waals surface area (Å²) >= 11 is 12.2. The number of carbonyl (C=O) groups is 1. The van der Waals surface area contributed by atoms with Crippen LogP contribution in [-0.2, 0) is 0 Å². The van der Waals surface area contributed by atoms with Gasteiger partial charge in [-0.25, -0.2) is 9.97 Å². The highest BCUT2D eigenvalue weighted by Gasteiger charge is 2.10. The first-order valence-electron chi connectivity index (χ1n) is 7.41. The molecule has 0 saturated heterocycles. The van der Waals surface area contributed by atoms with Crippen molar-refractivity contribution in [1.29, 1.82) is 5.26 Å². The van der Waals surface area contributed by atoms with Crippen LogP contribution in [0.4, 0.5) is 17.2 Å². The normalized spacial score (nSPS) is 10.0. The Morgan fingerprint density at radius 1 is 1.00 bits per heavy atom. The van der Waals surface area contributed by atoms with Gasteiger partial charge in [-0.1, -0.05) is 29.3 Å². The van der Waals surface area contributed by atoms with E-state index >= 15 is 0 Å². The Labute approximate surface area is 159 Å². The van der Waals surface area contributed by atoms with Crippen LogP contribution in [0.2, 0.25) is 10.0 Å². The molecule has 0 fully saturated rings. The van der Waals surface area contributed by atoms with Crippen LogP contribution < -0.4 is 10.6 Å². The summed E-state index contributed by atoms with van der Waals surface area (Å²) in [6.07, 6.45) is 2.75. The molecule has 0 aliphatic heterocycles. The number of nitrogens with zero attached hydrogens (tertiary/aromatic N) is 3. The van der Waals surface area contributed by atoms with E-state index in [9.17, 15) is 4.79 Å². The zero-order valence-corrected chi connectivity index (χ0v) is 14.7. The summed E-state index contributed by atoms with van der Waals surface area (Å²) in [6.45, 7) is 0. The van der Waals surface area contributed by atoms with E-state index in [0.717, 1.165) is 0 Å². The molecule has 0 aliphatic rings. The van der Waals surface area contributed by atoms with Gasteiger partial charge in [0.05, 0.1) is 39.8 Å². The molecule has 1 heterocycles. The molecule has 0 spiro atoms. The third-order valence-corrected chi connectivity index (χ3v) is 4.00. The predicted octanol–water partition coefficient (Wildman–Crippen LogP) is 4.65. The second-order valence-corrected chi connectivity index (χ2v) is 5.97. The summed E-state index contributed by atoms with van der Waals surface area (Å²) in [6, 6.07) is 13.6. The van der Waals surface area contributed by atoms with Gasteiger partial charge in [0.15, 0.2) is 0 Å². The fourth-order valence-corrected chi connectivity index (χ4v) is 2.57. The third kappa shape index (κ3) is 4.09. The van der Waals surface area contributed by atoms with Crippen LogP contribution in [0.3, 0.4) is 0 Å². The minimum Gasteiger partial charge on any atom is -0.337 e. The van der Waals surface area contributed by atoms with E-state index < -0.39 is 5.91 Å². The van der Waals surface area contributed by atoms with Gasteiger partial charge in [0.25, 0.3) is 5.91 Å². The monoisotopic (exact) mass is 383 g/mol. The lowest BCUT2D eigenvalue weighted by molar-refractivity contribution is 0.102. The number of halogens is 2. The molecule has 128 valence electrons. The average Bonchev–Trinajstić information content (AvgIpc) is 2.66. The van der Waals surface area contributed by atoms with Crippen molar-refractivity contribution < 1.29 is 4.79 Å². The minimum atomic E-state index is -0.412. The van der Waals surface area contributed by atoms with E-state index in [4.69, 9.17) is 28.5 Å². The van der Waals surface area contributed by atoms with Crippen molar-refractivity contribution in [1.82, 2.24) is 9.97 Å². The molecule has 2 aromatic carbocycles. The van der Waals surface area contributed by atoms with Gasteiger partial charge < -0.3 is 10.6 Å². The molecule has 3 rings (SSSR count). The molecule has 2 N–H and O–H groups in total. The number of nitrogens with one attached hydrogen (secondary N) is 2. The SMILES string of the molecule is N#Cc1ccc(NC(=O)c2cnc(Nc3c(Cl)cccc3Cl)cn2)cc1. The molecule has 3 aromatic rings. The number of hydrogen-bond donors (Lipinski definition) is 2. The molecule has 0 saturated carbocycles. The number of anilines is 3. The maximum absolute atomic E-state index is 12.2. The fourth-order valence-electron chi connectivity index (χ4n) is 2.08. The number of aromatic nitrogens is 2. The molecule has 1 aromatic heterocycles. The van der Waals surface area contributed by atoms with Crippen LogP contribution >= 0.6 is 23.2 Å². The van der Waals surface area contributed by atoms with Crippen LogP contribution in [0.25, 0.3) is 0 Å². The van der Waals surface area contributed by atoms with Crippen LogP contribution in [0.5, 0.6) is 0 Å². The summed E-state index contributed by atoms with van der Waals surface area (Å²) in [5.74, 6) is -0.0144. The fraction of sp³-hybridized carbons (Fsp3) is 0. The van der Waals surface area contributed by atoms with Crippen LogP contribution in [0.1, 0.15) is 16.1 Å². The first kappa shape index (κ1) is 17.7. The number of nitriles is 1. The molecule has 0 atom stereocenters. The second kappa shape index (κ2) is 7.83. The van der Waals surface area contributed by atoms with Gasteiger partial charge in [-0.3, -0.25) is 4.79 Å². The van der Waals surface area contributed by atoms with Gasteiger partial charge >= 0.3 is 0 Å². The molecule has 26 heavy (non-hydrogen) atoms. The zero-order chi connectivity index (χ0) is 18.5. The lowest BCUT2D eigenvalue weighted by atomic mass is 10.2. The van der Waals surface area contributed by atoms with Gasteiger partial charge in [0.1, 0.15) is 11.5 Å². The predicted molar refractivity (Wildman–Crippen MR) is 101 cm³/mol. The lowest BCUT2D eigenvalue weighted by Gasteiger charge is -2.09. The Kier molecular flexibility index (Phi) is 5.32. The van der Waals surface area contributed by atoms with Crippen LogP contribution in [0.15, 0.2) is 54.9 Å². The van der Waals surface area contributed by atoms with E-state index in [2.05, 4.69) is 20.6 Å². The Morgan fingerprint density at radius 3 is 2.27 bits per heavy atom. The second-order valence-electron chi connectivity index (χ2n) is 5.15. The molecule has 6 nitrogen and oxygen atoms in total. The van der Waals surface area contributed by atoms with Gasteiger partial charge in [-0.15, -0.1) is 0 Å². The quantitative estimate of drug-likeness (QED) is 0.683. The number of hydrogen-bond acceptors (Lipinski definition) is 5. The van der Waals surface area contributed by atoms with Gasteiger partial charge in [0, 0.05) is 5.69 Å². The Balaban J connectivity index is 1.70. The van der Waals surface area contributed by atoms with Crippen molar-refractivity contribution in [3.05, 3.63) is 76.2 Å². The molecule has 0 unspecified atom stereocenters. The zero-order valence-electron chi connectivity index (χ0n) is 13.2. The number of rotatable bonds is 4. The van der Waals surface area contributed by atoms with E-state index in [0.29, 0.717) is 32.8 Å². The van der Waals surface area contributed by atoms with Crippen molar-refractivity contribution >= 4 is 46.3 Å². The van der Waals surface area contributed by atoms with Gasteiger partial charge in [0.2, 0.25) is 0 Å². The summed E-state index contributed by atoms with van der Waals surface area (Å²) in [4.78, 5) is 20.4. The van der Waals surface area contributed by atoms with Gasteiger partial charge in [-0.05, 0) is 36.4 Å². The molecular weight excluding hydrogens is 373 g/mol. The Hall–Kier alpha value is -3.14. The largest absolute Gasteiger partial charge is 0.337 e. The standard InChI is InChI=1S/C18H11Cl2N5O/c19-13-2-1-3-14(20)17(13)25-16-10-22-15(9-23-16)18(26)24-12-6-4-11(8-21)5-7-12/h1-7,9-10H,(H,23,25)(H,24,26). The summed E-state index contributed by atoms with van der Waals surface area (Å²) in [5.41, 5.74) is 1.72. The highest BCUT2D eigenvalue weighted by atomic mass is 35.5. The molecule has 8 heteroatoms. The average molecular weight is 384 g/mol.